The maximum absolute atomic E-state index is 11.9. The second kappa shape index (κ2) is 8.00. The third-order valence-electron chi connectivity index (χ3n) is 5.78. The van der Waals surface area contributed by atoms with Gasteiger partial charge < -0.3 is 24.1 Å². The number of hydrogen-bond donors (Lipinski definition) is 1. The van der Waals surface area contributed by atoms with E-state index in [9.17, 15) is 5.11 Å². The van der Waals surface area contributed by atoms with E-state index in [1.807, 2.05) is 60.7 Å². The molecule has 5 heteroatoms. The summed E-state index contributed by atoms with van der Waals surface area (Å²) in [6.07, 6.45) is 0. The summed E-state index contributed by atoms with van der Waals surface area (Å²) < 4.78 is 22.3. The van der Waals surface area contributed by atoms with E-state index in [2.05, 4.69) is 0 Å². The van der Waals surface area contributed by atoms with Gasteiger partial charge in [-0.25, -0.2) is 0 Å². The first-order valence-electron chi connectivity index (χ1n) is 9.98. The van der Waals surface area contributed by atoms with Crippen LogP contribution in [0.5, 0.6) is 23.0 Å². The Kier molecular flexibility index (Phi) is 5.38. The van der Waals surface area contributed by atoms with Crippen molar-refractivity contribution in [1.29, 1.82) is 0 Å². The number of hydrogen-bond acceptors (Lipinski definition) is 5. The monoisotopic (exact) mass is 418 g/mol. The lowest BCUT2D eigenvalue weighted by atomic mass is 9.87. The summed E-state index contributed by atoms with van der Waals surface area (Å²) in [7, 11) is 6.38. The highest BCUT2D eigenvalue weighted by Gasteiger charge is 2.44. The summed E-state index contributed by atoms with van der Waals surface area (Å²) in [5, 5.41) is 11.9. The molecule has 1 N–H and O–H groups in total. The van der Waals surface area contributed by atoms with Gasteiger partial charge in [0.25, 0.3) is 0 Å². The van der Waals surface area contributed by atoms with Gasteiger partial charge in [-0.1, -0.05) is 42.5 Å². The van der Waals surface area contributed by atoms with Crippen LogP contribution in [0.2, 0.25) is 0 Å². The second-order valence-electron chi connectivity index (χ2n) is 7.48. The first-order valence-corrected chi connectivity index (χ1v) is 9.98. The van der Waals surface area contributed by atoms with E-state index >= 15 is 0 Å². The van der Waals surface area contributed by atoms with Crippen LogP contribution < -0.4 is 18.9 Å². The van der Waals surface area contributed by atoms with E-state index in [0.29, 0.717) is 22.8 Å². The van der Waals surface area contributed by atoms with Crippen molar-refractivity contribution in [2.24, 2.45) is 0 Å². The van der Waals surface area contributed by atoms with Crippen molar-refractivity contribution in [3.05, 3.63) is 82.9 Å². The molecular formula is C26H26O5. The Labute approximate surface area is 182 Å². The molecule has 0 heterocycles. The lowest BCUT2D eigenvalue weighted by Gasteiger charge is -2.25. The fraction of sp³-hybridized carbons (Fsp3) is 0.231. The van der Waals surface area contributed by atoms with Crippen LogP contribution in [0.4, 0.5) is 0 Å². The van der Waals surface area contributed by atoms with Crippen LogP contribution >= 0.6 is 0 Å². The Bertz CT molecular complexity index is 1130. The van der Waals surface area contributed by atoms with Crippen molar-refractivity contribution >= 4 is 11.1 Å². The molecule has 0 aromatic heterocycles. The molecule has 31 heavy (non-hydrogen) atoms. The fourth-order valence-corrected chi connectivity index (χ4v) is 4.37. The molecule has 0 saturated heterocycles. The summed E-state index contributed by atoms with van der Waals surface area (Å²) in [6, 6.07) is 19.5. The van der Waals surface area contributed by atoms with E-state index < -0.39 is 5.60 Å². The smallest absolute Gasteiger partial charge is 0.203 e. The highest BCUT2D eigenvalue weighted by atomic mass is 16.5. The third-order valence-corrected chi connectivity index (χ3v) is 5.78. The van der Waals surface area contributed by atoms with Crippen molar-refractivity contribution in [3.8, 4) is 23.0 Å². The Balaban J connectivity index is 2.12. The molecule has 1 unspecified atom stereocenters. The van der Waals surface area contributed by atoms with Gasteiger partial charge in [0, 0.05) is 22.3 Å². The van der Waals surface area contributed by atoms with Crippen LogP contribution in [-0.4, -0.2) is 33.5 Å². The molecule has 0 fully saturated rings. The van der Waals surface area contributed by atoms with Gasteiger partial charge in [0.05, 0.1) is 28.4 Å². The summed E-state index contributed by atoms with van der Waals surface area (Å²) in [4.78, 5) is 0. The normalized spacial score (nSPS) is 17.4. The Hall–Kier alpha value is -3.44. The lowest BCUT2D eigenvalue weighted by molar-refractivity contribution is 0.124. The quantitative estimate of drug-likeness (QED) is 0.617. The van der Waals surface area contributed by atoms with Gasteiger partial charge in [-0.2, -0.15) is 0 Å². The number of ether oxygens (including phenoxy) is 4. The van der Waals surface area contributed by atoms with Gasteiger partial charge in [-0.3, -0.25) is 0 Å². The zero-order valence-corrected chi connectivity index (χ0v) is 18.4. The Morgan fingerprint density at radius 2 is 1.35 bits per heavy atom. The molecule has 3 aromatic rings. The van der Waals surface area contributed by atoms with Crippen LogP contribution in [0.25, 0.3) is 11.1 Å². The summed E-state index contributed by atoms with van der Waals surface area (Å²) in [5.41, 5.74) is 3.74. The first-order chi connectivity index (χ1) is 15.0. The van der Waals surface area contributed by atoms with Crippen molar-refractivity contribution in [1.82, 2.24) is 0 Å². The zero-order valence-electron chi connectivity index (χ0n) is 18.4. The molecule has 5 nitrogen and oxygen atoms in total. The molecule has 0 aliphatic heterocycles. The second-order valence-corrected chi connectivity index (χ2v) is 7.48. The maximum Gasteiger partial charge on any atom is 0.203 e. The summed E-state index contributed by atoms with van der Waals surface area (Å²) >= 11 is 0. The van der Waals surface area contributed by atoms with Gasteiger partial charge >= 0.3 is 0 Å². The van der Waals surface area contributed by atoms with E-state index in [1.165, 1.54) is 0 Å². The SMILES string of the molecule is COc1ccc(C2=C(c3ccccc3)c3c(cc(OC)c(OC)c3OC)C2(C)O)cc1. The van der Waals surface area contributed by atoms with Crippen molar-refractivity contribution in [2.75, 3.05) is 28.4 Å². The number of benzene rings is 3. The van der Waals surface area contributed by atoms with Crippen LogP contribution in [0, 0.1) is 0 Å². The fourth-order valence-electron chi connectivity index (χ4n) is 4.37. The molecule has 160 valence electrons. The maximum atomic E-state index is 11.9. The molecular weight excluding hydrogens is 392 g/mol. The van der Waals surface area contributed by atoms with Gasteiger partial charge in [0.2, 0.25) is 5.75 Å². The van der Waals surface area contributed by atoms with Crippen LogP contribution in [-0.2, 0) is 5.60 Å². The molecule has 1 aliphatic carbocycles. The van der Waals surface area contributed by atoms with Crippen molar-refractivity contribution in [2.45, 2.75) is 12.5 Å². The van der Waals surface area contributed by atoms with Gasteiger partial charge in [-0.05, 0) is 36.2 Å². The predicted molar refractivity (Wildman–Crippen MR) is 121 cm³/mol. The average molecular weight is 418 g/mol. The minimum Gasteiger partial charge on any atom is -0.497 e. The highest BCUT2D eigenvalue weighted by Crippen LogP contribution is 2.58. The number of aliphatic hydroxyl groups is 1. The van der Waals surface area contributed by atoms with Crippen LogP contribution in [0.15, 0.2) is 60.7 Å². The van der Waals surface area contributed by atoms with Gasteiger partial charge in [0.1, 0.15) is 11.4 Å². The largest absolute Gasteiger partial charge is 0.497 e. The van der Waals surface area contributed by atoms with E-state index in [-0.39, 0.29) is 0 Å². The van der Waals surface area contributed by atoms with Crippen molar-refractivity contribution in [3.63, 3.8) is 0 Å². The van der Waals surface area contributed by atoms with E-state index in [0.717, 1.165) is 33.6 Å². The molecule has 4 rings (SSSR count). The standard InChI is InChI=1S/C26H26O5/c1-26(27)19-15-20(29-3)24(30-4)25(31-5)22(19)21(16-9-7-6-8-10-16)23(26)17-11-13-18(28-2)14-12-17/h6-15,27H,1-5H3. The topological polar surface area (TPSA) is 57.2 Å². The van der Waals surface area contributed by atoms with Crippen molar-refractivity contribution < 1.29 is 24.1 Å². The summed E-state index contributed by atoms with van der Waals surface area (Å²) in [5.74, 6) is 2.27. The first kappa shape index (κ1) is 20.8. The van der Waals surface area contributed by atoms with Crippen LogP contribution in [0.3, 0.4) is 0 Å². The molecule has 1 aliphatic rings. The zero-order chi connectivity index (χ0) is 22.2. The predicted octanol–water partition coefficient (Wildman–Crippen LogP) is 4.90. The number of methoxy groups -OCH3 is 4. The minimum atomic E-state index is -1.29. The third kappa shape index (κ3) is 3.22. The number of fused-ring (bicyclic) bond motifs is 1. The van der Waals surface area contributed by atoms with Gasteiger partial charge in [-0.15, -0.1) is 0 Å². The minimum absolute atomic E-state index is 0.490. The number of rotatable bonds is 6. The molecule has 0 radical (unpaired) electrons. The molecule has 1 atom stereocenters. The molecule has 0 bridgehead atoms. The molecule has 0 amide bonds. The molecule has 3 aromatic carbocycles. The van der Waals surface area contributed by atoms with Gasteiger partial charge in [0.15, 0.2) is 11.5 Å². The van der Waals surface area contributed by atoms with E-state index in [1.54, 1.807) is 35.4 Å². The summed E-state index contributed by atoms with van der Waals surface area (Å²) in [6.45, 7) is 1.80. The lowest BCUT2D eigenvalue weighted by Crippen LogP contribution is -2.21. The Morgan fingerprint density at radius 1 is 0.710 bits per heavy atom. The molecule has 0 saturated carbocycles. The molecule has 0 spiro atoms. The average Bonchev–Trinajstić information content (AvgIpc) is 3.04. The van der Waals surface area contributed by atoms with E-state index in [4.69, 9.17) is 18.9 Å². The highest BCUT2D eigenvalue weighted by molar-refractivity contribution is 6.08. The van der Waals surface area contributed by atoms with Crippen LogP contribution in [0.1, 0.15) is 29.2 Å². The Morgan fingerprint density at radius 3 is 1.90 bits per heavy atom.